The van der Waals surface area contributed by atoms with Crippen LogP contribution in [0, 0.1) is 0 Å². The third-order valence-corrected chi connectivity index (χ3v) is 4.23. The van der Waals surface area contributed by atoms with Crippen molar-refractivity contribution in [3.8, 4) is 0 Å². The Kier molecular flexibility index (Phi) is 3.53. The molecule has 0 saturated carbocycles. The molecule has 0 aromatic carbocycles. The Morgan fingerprint density at radius 1 is 1.33 bits per heavy atom. The Bertz CT molecular complexity index is 840. The van der Waals surface area contributed by atoms with Crippen LogP contribution in [-0.4, -0.2) is 15.3 Å². The van der Waals surface area contributed by atoms with Crippen molar-refractivity contribution in [2.45, 2.75) is 13.0 Å². The van der Waals surface area contributed by atoms with E-state index in [2.05, 4.69) is 10.3 Å². The van der Waals surface area contributed by atoms with E-state index < -0.39 is 5.91 Å². The third kappa shape index (κ3) is 2.57. The molecule has 21 heavy (non-hydrogen) atoms. The van der Waals surface area contributed by atoms with E-state index in [1.54, 1.807) is 35.7 Å². The first-order valence-corrected chi connectivity index (χ1v) is 7.35. The Morgan fingerprint density at radius 3 is 2.95 bits per heavy atom. The van der Waals surface area contributed by atoms with Crippen molar-refractivity contribution >= 4 is 22.9 Å². The first-order chi connectivity index (χ1) is 10.2. The van der Waals surface area contributed by atoms with Crippen LogP contribution in [-0.2, 0) is 0 Å². The van der Waals surface area contributed by atoms with Gasteiger partial charge in [-0.05, 0) is 30.5 Å². The summed E-state index contributed by atoms with van der Waals surface area (Å²) in [5.41, 5.74) is 0.198. The molecule has 0 aliphatic carbocycles. The van der Waals surface area contributed by atoms with Gasteiger partial charge in [0.2, 0.25) is 0 Å². The number of carbonyl (C=O) groups excluding carboxylic acids is 1. The zero-order chi connectivity index (χ0) is 14.8. The van der Waals surface area contributed by atoms with Gasteiger partial charge in [-0.2, -0.15) is 0 Å². The number of hydrogen-bond donors (Lipinski definition) is 1. The number of pyridine rings is 1. The zero-order valence-corrected chi connectivity index (χ0v) is 12.1. The van der Waals surface area contributed by atoms with Crippen molar-refractivity contribution in [3.05, 3.63) is 68.9 Å². The Hall–Kier alpha value is -2.47. The number of amides is 1. The molecule has 6 heteroatoms. The molecule has 0 aliphatic heterocycles. The summed E-state index contributed by atoms with van der Waals surface area (Å²) < 4.78 is 1.37. The average molecular weight is 299 g/mol. The average Bonchev–Trinajstić information content (AvgIpc) is 3.02. The summed E-state index contributed by atoms with van der Waals surface area (Å²) in [6.07, 6.45) is 2.93. The number of nitrogens with zero attached hydrogens (tertiary/aromatic N) is 2. The molecule has 5 nitrogen and oxygen atoms in total. The summed E-state index contributed by atoms with van der Waals surface area (Å²) >= 11 is 1.56. The standard InChI is InChI=1S/C15H13N3O2S/c1-10(12-5-4-8-21-12)17-14(19)11-9-16-13-6-2-3-7-18(13)15(11)20/h2-10H,1H3,(H,17,19). The van der Waals surface area contributed by atoms with Crippen LogP contribution >= 0.6 is 11.3 Å². The van der Waals surface area contributed by atoms with Crippen LogP contribution in [0.2, 0.25) is 0 Å². The van der Waals surface area contributed by atoms with E-state index in [9.17, 15) is 9.59 Å². The van der Waals surface area contributed by atoms with Crippen molar-refractivity contribution in [2.24, 2.45) is 0 Å². The highest BCUT2D eigenvalue weighted by atomic mass is 32.1. The van der Waals surface area contributed by atoms with Crippen molar-refractivity contribution in [2.75, 3.05) is 0 Å². The van der Waals surface area contributed by atoms with E-state index in [1.165, 1.54) is 10.6 Å². The highest BCUT2D eigenvalue weighted by Gasteiger charge is 2.16. The first-order valence-electron chi connectivity index (χ1n) is 6.47. The first kappa shape index (κ1) is 13.5. The van der Waals surface area contributed by atoms with Crippen molar-refractivity contribution < 1.29 is 4.79 Å². The molecule has 0 fully saturated rings. The molecule has 0 saturated heterocycles. The van der Waals surface area contributed by atoms with Crippen molar-refractivity contribution in [1.82, 2.24) is 14.7 Å². The second kappa shape index (κ2) is 5.49. The molecule has 3 heterocycles. The molecule has 0 bridgehead atoms. The number of hydrogen-bond acceptors (Lipinski definition) is 4. The lowest BCUT2D eigenvalue weighted by Gasteiger charge is -2.12. The van der Waals surface area contributed by atoms with E-state index in [0.717, 1.165) is 4.88 Å². The van der Waals surface area contributed by atoms with Crippen molar-refractivity contribution in [3.63, 3.8) is 0 Å². The lowest BCUT2D eigenvalue weighted by atomic mass is 10.2. The van der Waals surface area contributed by atoms with Gasteiger partial charge in [0.05, 0.1) is 6.04 Å². The largest absolute Gasteiger partial charge is 0.344 e. The highest BCUT2D eigenvalue weighted by molar-refractivity contribution is 7.10. The second-order valence-electron chi connectivity index (χ2n) is 4.62. The molecule has 106 valence electrons. The minimum Gasteiger partial charge on any atom is -0.344 e. The normalized spacial score (nSPS) is 12.2. The third-order valence-electron chi connectivity index (χ3n) is 3.18. The van der Waals surface area contributed by atoms with Gasteiger partial charge in [0, 0.05) is 17.3 Å². The fourth-order valence-corrected chi connectivity index (χ4v) is 2.80. The quantitative estimate of drug-likeness (QED) is 0.807. The summed E-state index contributed by atoms with van der Waals surface area (Å²) in [5, 5.41) is 4.77. The molecule has 0 aliphatic rings. The van der Waals surface area contributed by atoms with Gasteiger partial charge in [-0.15, -0.1) is 11.3 Å². The van der Waals surface area contributed by atoms with Gasteiger partial charge in [-0.1, -0.05) is 12.1 Å². The van der Waals surface area contributed by atoms with Crippen LogP contribution in [0.3, 0.4) is 0 Å². The predicted molar refractivity (Wildman–Crippen MR) is 81.7 cm³/mol. The lowest BCUT2D eigenvalue weighted by Crippen LogP contribution is -2.32. The number of carbonyl (C=O) groups is 1. The van der Waals surface area contributed by atoms with Crippen LogP contribution in [0.15, 0.2) is 52.9 Å². The summed E-state index contributed by atoms with van der Waals surface area (Å²) in [6, 6.07) is 8.97. The fraction of sp³-hybridized carbons (Fsp3) is 0.133. The van der Waals surface area contributed by atoms with E-state index >= 15 is 0 Å². The molecule has 3 rings (SSSR count). The van der Waals surface area contributed by atoms with Gasteiger partial charge in [-0.3, -0.25) is 14.0 Å². The maximum absolute atomic E-state index is 12.3. The van der Waals surface area contributed by atoms with Gasteiger partial charge in [-0.25, -0.2) is 4.98 Å². The summed E-state index contributed by atoms with van der Waals surface area (Å²) in [7, 11) is 0. The number of nitrogens with one attached hydrogen (secondary N) is 1. The smallest absolute Gasteiger partial charge is 0.270 e. The van der Waals surface area contributed by atoms with Gasteiger partial charge in [0.15, 0.2) is 0 Å². The molecule has 1 amide bonds. The monoisotopic (exact) mass is 299 g/mol. The van der Waals surface area contributed by atoms with Gasteiger partial charge >= 0.3 is 0 Å². The van der Waals surface area contributed by atoms with Crippen LogP contribution in [0.4, 0.5) is 0 Å². The number of rotatable bonds is 3. The molecular formula is C15H13N3O2S. The molecular weight excluding hydrogens is 286 g/mol. The summed E-state index contributed by atoms with van der Waals surface area (Å²) in [6.45, 7) is 1.88. The minimum absolute atomic E-state index is 0.0436. The zero-order valence-electron chi connectivity index (χ0n) is 11.3. The maximum atomic E-state index is 12.3. The lowest BCUT2D eigenvalue weighted by molar-refractivity contribution is 0.0938. The Labute approximate surface area is 124 Å². The fourth-order valence-electron chi connectivity index (χ4n) is 2.07. The van der Waals surface area contributed by atoms with E-state index in [0.29, 0.717) is 5.65 Å². The van der Waals surface area contributed by atoms with E-state index in [4.69, 9.17) is 0 Å². The van der Waals surface area contributed by atoms with Crippen LogP contribution in [0.5, 0.6) is 0 Å². The summed E-state index contributed by atoms with van der Waals surface area (Å²) in [5.74, 6) is -0.411. The predicted octanol–water partition coefficient (Wildman–Crippen LogP) is 2.25. The summed E-state index contributed by atoms with van der Waals surface area (Å²) in [4.78, 5) is 29.7. The molecule has 1 atom stereocenters. The molecule has 1 unspecified atom stereocenters. The Morgan fingerprint density at radius 2 is 2.19 bits per heavy atom. The van der Waals surface area contributed by atoms with Crippen molar-refractivity contribution in [1.29, 1.82) is 0 Å². The van der Waals surface area contributed by atoms with Gasteiger partial charge in [0.1, 0.15) is 11.2 Å². The molecule has 3 aromatic rings. The van der Waals surface area contributed by atoms with Gasteiger partial charge in [0.25, 0.3) is 11.5 Å². The molecule has 3 aromatic heterocycles. The molecule has 0 radical (unpaired) electrons. The number of fused-ring (bicyclic) bond motifs is 1. The van der Waals surface area contributed by atoms with Crippen LogP contribution < -0.4 is 10.9 Å². The minimum atomic E-state index is -0.411. The maximum Gasteiger partial charge on any atom is 0.270 e. The van der Waals surface area contributed by atoms with Crippen LogP contribution in [0.1, 0.15) is 28.2 Å². The second-order valence-corrected chi connectivity index (χ2v) is 5.60. The molecule has 1 N–H and O–H groups in total. The highest BCUT2D eigenvalue weighted by Crippen LogP contribution is 2.18. The SMILES string of the molecule is CC(NC(=O)c1cnc2ccccn2c1=O)c1cccs1. The van der Waals surface area contributed by atoms with Gasteiger partial charge < -0.3 is 5.32 Å². The Balaban J connectivity index is 1.92. The number of thiophene rings is 1. The van der Waals surface area contributed by atoms with Crippen LogP contribution in [0.25, 0.3) is 5.65 Å². The van der Waals surface area contributed by atoms with E-state index in [1.807, 2.05) is 24.4 Å². The number of aromatic nitrogens is 2. The topological polar surface area (TPSA) is 63.5 Å². The van der Waals surface area contributed by atoms with E-state index in [-0.39, 0.29) is 17.2 Å². The molecule has 0 spiro atoms.